The van der Waals surface area contributed by atoms with Gasteiger partial charge in [-0.3, -0.25) is 4.79 Å². The molecule has 0 aliphatic carbocycles. The van der Waals surface area contributed by atoms with Gasteiger partial charge in [-0.2, -0.15) is 0 Å². The summed E-state index contributed by atoms with van der Waals surface area (Å²) in [7, 11) is 1.77. The minimum absolute atomic E-state index is 0.226. The zero-order chi connectivity index (χ0) is 15.1. The summed E-state index contributed by atoms with van der Waals surface area (Å²) in [6, 6.07) is 16.4. The molecule has 2 rings (SSSR count). The summed E-state index contributed by atoms with van der Waals surface area (Å²) in [5.41, 5.74) is 1.63. The molecular weight excluding hydrogens is 266 g/mol. The summed E-state index contributed by atoms with van der Waals surface area (Å²) >= 11 is 0. The first-order valence-corrected chi connectivity index (χ1v) is 6.86. The summed E-state index contributed by atoms with van der Waals surface area (Å²) in [6.07, 6.45) is -0.396. The van der Waals surface area contributed by atoms with Crippen LogP contribution in [-0.4, -0.2) is 24.7 Å². The van der Waals surface area contributed by atoms with E-state index in [1.54, 1.807) is 31.3 Å². The topological polar surface area (TPSA) is 58.6 Å². The Morgan fingerprint density at radius 2 is 1.95 bits per heavy atom. The lowest BCUT2D eigenvalue weighted by Gasteiger charge is -2.11. The average molecular weight is 285 g/mol. The smallest absolute Gasteiger partial charge is 0.315 e. The molecule has 0 aromatic heterocycles. The number of aliphatic hydroxyl groups is 1. The third-order valence-corrected chi connectivity index (χ3v) is 3.06. The Hall–Kier alpha value is -2.17. The maximum absolute atomic E-state index is 11.9. The fourth-order valence-electron chi connectivity index (χ4n) is 2.03. The van der Waals surface area contributed by atoms with Gasteiger partial charge in [0.1, 0.15) is 5.75 Å². The number of hydrogen-bond acceptors (Lipinski definition) is 4. The van der Waals surface area contributed by atoms with Crippen molar-refractivity contribution in [3.8, 4) is 5.75 Å². The predicted octanol–water partition coefficient (Wildman–Crippen LogP) is 2.09. The van der Waals surface area contributed by atoms with Gasteiger partial charge in [0.2, 0.25) is 0 Å². The Labute approximate surface area is 124 Å². The monoisotopic (exact) mass is 285 g/mol. The molecule has 0 aliphatic heterocycles. The Kier molecular flexibility index (Phi) is 5.49. The summed E-state index contributed by atoms with van der Waals surface area (Å²) in [5.74, 6) is 0.130. The van der Waals surface area contributed by atoms with E-state index in [4.69, 9.17) is 4.74 Å². The highest BCUT2D eigenvalue weighted by molar-refractivity contribution is 5.75. The zero-order valence-electron chi connectivity index (χ0n) is 12.0. The summed E-state index contributed by atoms with van der Waals surface area (Å²) in [5, 5.41) is 12.8. The molecule has 0 bridgehead atoms. The molecule has 1 unspecified atom stereocenters. The van der Waals surface area contributed by atoms with Crippen LogP contribution in [0.1, 0.15) is 17.2 Å². The summed E-state index contributed by atoms with van der Waals surface area (Å²) in [6.45, 7) is 0.446. The van der Waals surface area contributed by atoms with Gasteiger partial charge in [-0.1, -0.05) is 42.5 Å². The second kappa shape index (κ2) is 7.57. The van der Waals surface area contributed by atoms with Gasteiger partial charge in [0.15, 0.2) is 0 Å². The van der Waals surface area contributed by atoms with Crippen LogP contribution in [0.2, 0.25) is 0 Å². The van der Waals surface area contributed by atoms with Crippen LogP contribution < -0.4 is 10.1 Å². The van der Waals surface area contributed by atoms with E-state index in [1.807, 2.05) is 30.3 Å². The van der Waals surface area contributed by atoms with E-state index in [0.717, 1.165) is 11.1 Å². The van der Waals surface area contributed by atoms with Crippen molar-refractivity contribution in [3.63, 3.8) is 0 Å². The number of hydrogen-bond donors (Lipinski definition) is 2. The third-order valence-electron chi connectivity index (χ3n) is 3.06. The average Bonchev–Trinajstić information content (AvgIpc) is 2.48. The fraction of sp³-hybridized carbons (Fsp3) is 0.235. The highest BCUT2D eigenvalue weighted by Gasteiger charge is 2.10. The van der Waals surface area contributed by atoms with E-state index >= 15 is 0 Å². The predicted molar refractivity (Wildman–Crippen MR) is 81.1 cm³/mol. The Morgan fingerprint density at radius 3 is 2.67 bits per heavy atom. The Morgan fingerprint density at radius 1 is 1.19 bits per heavy atom. The summed E-state index contributed by atoms with van der Waals surface area (Å²) < 4.78 is 5.32. The van der Waals surface area contributed by atoms with Crippen LogP contribution in [0.3, 0.4) is 0 Å². The number of nitrogens with one attached hydrogen (secondary N) is 1. The molecule has 0 fully saturated rings. The van der Waals surface area contributed by atoms with Crippen molar-refractivity contribution in [2.24, 2.45) is 0 Å². The van der Waals surface area contributed by atoms with Gasteiger partial charge in [0.05, 0.1) is 12.5 Å². The number of carbonyl (C=O) groups excluding carboxylic acids is 1. The van der Waals surface area contributed by atoms with Crippen LogP contribution in [0.25, 0.3) is 0 Å². The number of carbonyl (C=O) groups is 1. The molecule has 2 aromatic rings. The molecular formula is C17H19NO3. The van der Waals surface area contributed by atoms with E-state index in [0.29, 0.717) is 12.3 Å². The number of esters is 1. The molecule has 0 aliphatic rings. The fourth-order valence-corrected chi connectivity index (χ4v) is 2.03. The van der Waals surface area contributed by atoms with Crippen molar-refractivity contribution >= 4 is 5.97 Å². The van der Waals surface area contributed by atoms with Gasteiger partial charge < -0.3 is 15.2 Å². The number of aliphatic hydroxyl groups excluding tert-OH is 1. The molecule has 2 N–H and O–H groups in total. The standard InChI is InChI=1S/C17H19NO3/c1-18-12-16(19)14-8-5-9-15(11-14)21-17(20)10-13-6-3-2-4-7-13/h2-9,11,16,18-19H,10,12H2,1H3. The molecule has 4 heteroatoms. The van der Waals surface area contributed by atoms with E-state index < -0.39 is 6.10 Å². The van der Waals surface area contributed by atoms with E-state index in [1.165, 1.54) is 0 Å². The first kappa shape index (κ1) is 15.2. The van der Waals surface area contributed by atoms with Crippen molar-refractivity contribution in [2.75, 3.05) is 13.6 Å². The van der Waals surface area contributed by atoms with Gasteiger partial charge in [-0.05, 0) is 30.3 Å². The van der Waals surface area contributed by atoms with E-state index in [9.17, 15) is 9.90 Å². The van der Waals surface area contributed by atoms with E-state index in [2.05, 4.69) is 5.32 Å². The minimum atomic E-state index is -0.622. The maximum atomic E-state index is 11.9. The number of likely N-dealkylation sites (N-methyl/N-ethyl adjacent to an activating group) is 1. The highest BCUT2D eigenvalue weighted by Crippen LogP contribution is 2.19. The van der Waals surface area contributed by atoms with Crippen LogP contribution in [0.15, 0.2) is 54.6 Å². The van der Waals surface area contributed by atoms with Crippen molar-refractivity contribution in [1.29, 1.82) is 0 Å². The van der Waals surface area contributed by atoms with Gasteiger partial charge in [-0.25, -0.2) is 0 Å². The number of rotatable bonds is 6. The summed E-state index contributed by atoms with van der Waals surface area (Å²) in [4.78, 5) is 11.9. The number of benzene rings is 2. The van der Waals surface area contributed by atoms with Crippen molar-refractivity contribution < 1.29 is 14.6 Å². The van der Waals surface area contributed by atoms with Gasteiger partial charge in [-0.15, -0.1) is 0 Å². The molecule has 2 aromatic carbocycles. The Balaban J connectivity index is 1.99. The second-order valence-corrected chi connectivity index (χ2v) is 4.78. The van der Waals surface area contributed by atoms with Gasteiger partial charge in [0.25, 0.3) is 0 Å². The zero-order valence-corrected chi connectivity index (χ0v) is 12.0. The molecule has 0 amide bonds. The molecule has 21 heavy (non-hydrogen) atoms. The first-order chi connectivity index (χ1) is 10.2. The SMILES string of the molecule is CNCC(O)c1cccc(OC(=O)Cc2ccccc2)c1. The van der Waals surface area contributed by atoms with E-state index in [-0.39, 0.29) is 12.4 Å². The normalized spacial score (nSPS) is 11.9. The third kappa shape index (κ3) is 4.70. The van der Waals surface area contributed by atoms with Gasteiger partial charge >= 0.3 is 5.97 Å². The largest absolute Gasteiger partial charge is 0.426 e. The Bertz CT molecular complexity index is 584. The molecule has 0 spiro atoms. The molecule has 4 nitrogen and oxygen atoms in total. The number of ether oxygens (including phenoxy) is 1. The van der Waals surface area contributed by atoms with Crippen LogP contribution in [0, 0.1) is 0 Å². The molecule has 0 saturated heterocycles. The van der Waals surface area contributed by atoms with Crippen molar-refractivity contribution in [2.45, 2.75) is 12.5 Å². The molecule has 0 radical (unpaired) electrons. The molecule has 0 saturated carbocycles. The lowest BCUT2D eigenvalue weighted by atomic mass is 10.1. The minimum Gasteiger partial charge on any atom is -0.426 e. The highest BCUT2D eigenvalue weighted by atomic mass is 16.5. The quantitative estimate of drug-likeness (QED) is 0.630. The maximum Gasteiger partial charge on any atom is 0.315 e. The van der Waals surface area contributed by atoms with Crippen LogP contribution in [-0.2, 0) is 11.2 Å². The lowest BCUT2D eigenvalue weighted by Crippen LogP contribution is -2.17. The van der Waals surface area contributed by atoms with Crippen molar-refractivity contribution in [3.05, 3.63) is 65.7 Å². The lowest BCUT2D eigenvalue weighted by molar-refractivity contribution is -0.133. The molecule has 0 heterocycles. The van der Waals surface area contributed by atoms with Crippen LogP contribution in [0.4, 0.5) is 0 Å². The second-order valence-electron chi connectivity index (χ2n) is 4.78. The van der Waals surface area contributed by atoms with Crippen LogP contribution >= 0.6 is 0 Å². The molecule has 110 valence electrons. The van der Waals surface area contributed by atoms with Crippen LogP contribution in [0.5, 0.6) is 5.75 Å². The first-order valence-electron chi connectivity index (χ1n) is 6.86. The van der Waals surface area contributed by atoms with Crippen molar-refractivity contribution in [1.82, 2.24) is 5.32 Å². The molecule has 1 atom stereocenters. The van der Waals surface area contributed by atoms with Gasteiger partial charge in [0, 0.05) is 6.54 Å².